The first-order valence-corrected chi connectivity index (χ1v) is 8.97. The fourth-order valence-electron chi connectivity index (χ4n) is 1.96. The quantitative estimate of drug-likeness (QED) is 0.845. The van der Waals surface area contributed by atoms with E-state index in [1.807, 2.05) is 0 Å². The molecule has 0 atom stereocenters. The summed E-state index contributed by atoms with van der Waals surface area (Å²) in [4.78, 5) is 11.8. The van der Waals surface area contributed by atoms with Gasteiger partial charge in [-0.25, -0.2) is 12.8 Å². The third kappa shape index (κ3) is 4.46. The largest absolute Gasteiger partial charge is 0.495 e. The number of hydrogen-bond donors (Lipinski definition) is 1. The Kier molecular flexibility index (Phi) is 5.80. The van der Waals surface area contributed by atoms with Gasteiger partial charge in [-0.15, -0.1) is 0 Å². The molecule has 0 saturated carbocycles. The van der Waals surface area contributed by atoms with Crippen LogP contribution in [0.3, 0.4) is 0 Å². The van der Waals surface area contributed by atoms with Gasteiger partial charge < -0.3 is 10.1 Å². The van der Waals surface area contributed by atoms with Gasteiger partial charge in [-0.2, -0.15) is 0 Å². The van der Waals surface area contributed by atoms with Gasteiger partial charge in [0.2, 0.25) is 5.91 Å². The molecule has 0 fully saturated rings. The maximum absolute atomic E-state index is 13.4. The van der Waals surface area contributed by atoms with E-state index in [4.69, 9.17) is 16.3 Å². The number of sulfone groups is 1. The minimum absolute atomic E-state index is 0.00684. The van der Waals surface area contributed by atoms with Crippen LogP contribution in [0.1, 0.15) is 6.42 Å². The Bertz CT molecular complexity index is 855. The lowest BCUT2D eigenvalue weighted by molar-refractivity contribution is -0.115. The average Bonchev–Trinajstić information content (AvgIpc) is 2.55. The van der Waals surface area contributed by atoms with Gasteiger partial charge in [0.05, 0.1) is 28.5 Å². The Morgan fingerprint density at radius 3 is 2.58 bits per heavy atom. The number of benzene rings is 2. The van der Waals surface area contributed by atoms with Crippen molar-refractivity contribution < 1.29 is 22.3 Å². The normalized spacial score (nSPS) is 11.1. The number of nitrogens with one attached hydrogen (secondary N) is 1. The Hall–Kier alpha value is -2.12. The zero-order valence-corrected chi connectivity index (χ0v) is 14.3. The first kappa shape index (κ1) is 18.2. The van der Waals surface area contributed by atoms with Crippen LogP contribution in [0.4, 0.5) is 10.1 Å². The number of carbonyl (C=O) groups is 1. The van der Waals surface area contributed by atoms with Crippen molar-refractivity contribution in [2.75, 3.05) is 18.2 Å². The zero-order valence-electron chi connectivity index (χ0n) is 12.8. The summed E-state index contributed by atoms with van der Waals surface area (Å²) in [7, 11) is -2.28. The lowest BCUT2D eigenvalue weighted by Gasteiger charge is -2.08. The summed E-state index contributed by atoms with van der Waals surface area (Å²) >= 11 is 5.91. The molecule has 5 nitrogen and oxygen atoms in total. The molecule has 0 heterocycles. The van der Waals surface area contributed by atoms with E-state index in [0.717, 1.165) is 0 Å². The van der Waals surface area contributed by atoms with E-state index in [-0.39, 0.29) is 22.0 Å². The highest BCUT2D eigenvalue weighted by Crippen LogP contribution is 2.27. The molecule has 0 unspecified atom stereocenters. The monoisotopic (exact) mass is 371 g/mol. The molecule has 0 radical (unpaired) electrons. The van der Waals surface area contributed by atoms with Crippen LogP contribution in [0.15, 0.2) is 47.4 Å². The summed E-state index contributed by atoms with van der Waals surface area (Å²) in [5, 5.41) is 2.50. The molecule has 1 N–H and O–H groups in total. The molecule has 24 heavy (non-hydrogen) atoms. The molecule has 2 aromatic rings. The van der Waals surface area contributed by atoms with Crippen LogP contribution in [-0.2, 0) is 14.6 Å². The Labute approximate surface area is 144 Å². The summed E-state index contributed by atoms with van der Waals surface area (Å²) in [5.41, 5.74) is 0.00684. The number of amides is 1. The third-order valence-electron chi connectivity index (χ3n) is 3.23. The minimum atomic E-state index is -3.70. The number of methoxy groups -OCH3 is 1. The predicted octanol–water partition coefficient (Wildman–Crippen LogP) is 3.29. The van der Waals surface area contributed by atoms with Gasteiger partial charge in [0.25, 0.3) is 0 Å². The van der Waals surface area contributed by atoms with Crippen LogP contribution in [-0.4, -0.2) is 27.2 Å². The van der Waals surface area contributed by atoms with Crippen molar-refractivity contribution in [3.63, 3.8) is 0 Å². The van der Waals surface area contributed by atoms with Gasteiger partial charge in [-0.3, -0.25) is 4.79 Å². The molecular weight excluding hydrogens is 357 g/mol. The van der Waals surface area contributed by atoms with Crippen molar-refractivity contribution in [2.24, 2.45) is 0 Å². The van der Waals surface area contributed by atoms with Crippen molar-refractivity contribution in [3.05, 3.63) is 53.3 Å². The molecule has 0 bridgehead atoms. The van der Waals surface area contributed by atoms with Crippen LogP contribution >= 0.6 is 11.6 Å². The maximum Gasteiger partial charge on any atom is 0.225 e. The summed E-state index contributed by atoms with van der Waals surface area (Å²) < 4.78 is 42.9. The zero-order chi connectivity index (χ0) is 17.7. The van der Waals surface area contributed by atoms with E-state index < -0.39 is 27.3 Å². The van der Waals surface area contributed by atoms with Gasteiger partial charge in [-0.05, 0) is 30.3 Å². The minimum Gasteiger partial charge on any atom is -0.495 e. The summed E-state index contributed by atoms with van der Waals surface area (Å²) in [5.74, 6) is -1.25. The molecule has 0 spiro atoms. The summed E-state index contributed by atoms with van der Waals surface area (Å²) in [6.45, 7) is 0. The van der Waals surface area contributed by atoms with Crippen LogP contribution in [0, 0.1) is 5.82 Å². The Balaban J connectivity index is 2.03. The fraction of sp³-hybridized carbons (Fsp3) is 0.188. The van der Waals surface area contributed by atoms with Crippen LogP contribution < -0.4 is 10.1 Å². The smallest absolute Gasteiger partial charge is 0.225 e. The fourth-order valence-corrected chi connectivity index (χ4v) is 3.55. The average molecular weight is 372 g/mol. The number of carbonyl (C=O) groups excluding carboxylic acids is 1. The molecule has 0 saturated heterocycles. The van der Waals surface area contributed by atoms with Crippen molar-refractivity contribution >= 4 is 33.0 Å². The van der Waals surface area contributed by atoms with Gasteiger partial charge in [0.15, 0.2) is 9.84 Å². The topological polar surface area (TPSA) is 72.5 Å². The molecule has 8 heteroatoms. The van der Waals surface area contributed by atoms with E-state index in [1.54, 1.807) is 6.07 Å². The molecule has 0 aliphatic carbocycles. The number of rotatable bonds is 6. The lowest BCUT2D eigenvalue weighted by Crippen LogP contribution is -2.18. The first-order chi connectivity index (χ1) is 11.3. The first-order valence-electron chi connectivity index (χ1n) is 6.94. The molecule has 0 aromatic heterocycles. The van der Waals surface area contributed by atoms with Crippen molar-refractivity contribution in [1.29, 1.82) is 0 Å². The van der Waals surface area contributed by atoms with Gasteiger partial charge in [-0.1, -0.05) is 23.7 Å². The number of ether oxygens (including phenoxy) is 1. The molecule has 2 rings (SSSR count). The molecule has 2 aromatic carbocycles. The number of para-hydroxylation sites is 1. The number of anilines is 1. The van der Waals surface area contributed by atoms with Crippen molar-refractivity contribution in [3.8, 4) is 5.75 Å². The molecule has 1 amide bonds. The standard InChI is InChI=1S/C16H15ClFNO4S/c1-23-15-7-6-11(10-12(15)17)24(21,22)9-8-16(20)19-14-5-3-2-4-13(14)18/h2-7,10H,8-9H2,1H3,(H,19,20). The lowest BCUT2D eigenvalue weighted by atomic mass is 10.3. The highest BCUT2D eigenvalue weighted by Gasteiger charge is 2.18. The summed E-state index contributed by atoms with van der Waals surface area (Å²) in [6, 6.07) is 9.71. The van der Waals surface area contributed by atoms with Crippen molar-refractivity contribution in [2.45, 2.75) is 11.3 Å². The van der Waals surface area contributed by atoms with Crippen LogP contribution in [0.25, 0.3) is 0 Å². The highest BCUT2D eigenvalue weighted by molar-refractivity contribution is 7.91. The van der Waals surface area contributed by atoms with Gasteiger partial charge in [0, 0.05) is 6.42 Å². The second kappa shape index (κ2) is 7.63. The van der Waals surface area contributed by atoms with Crippen molar-refractivity contribution in [1.82, 2.24) is 0 Å². The SMILES string of the molecule is COc1ccc(S(=O)(=O)CCC(=O)Nc2ccccc2F)cc1Cl. The molecule has 0 aliphatic heterocycles. The Morgan fingerprint density at radius 1 is 1.25 bits per heavy atom. The Morgan fingerprint density at radius 2 is 1.96 bits per heavy atom. The molecular formula is C16H15ClFNO4S. The molecule has 0 aliphatic rings. The van der Waals surface area contributed by atoms with Crippen LogP contribution in [0.2, 0.25) is 5.02 Å². The maximum atomic E-state index is 13.4. The van der Waals surface area contributed by atoms with E-state index in [0.29, 0.717) is 5.75 Å². The summed E-state index contributed by atoms with van der Waals surface area (Å²) in [6.07, 6.45) is -0.305. The predicted molar refractivity (Wildman–Crippen MR) is 89.7 cm³/mol. The van der Waals surface area contributed by atoms with Gasteiger partial charge in [0.1, 0.15) is 11.6 Å². The second-order valence-corrected chi connectivity index (χ2v) is 7.41. The molecule has 128 valence electrons. The number of hydrogen-bond acceptors (Lipinski definition) is 4. The van der Waals surface area contributed by atoms with Gasteiger partial charge >= 0.3 is 0 Å². The van der Waals surface area contributed by atoms with E-state index in [9.17, 15) is 17.6 Å². The highest BCUT2D eigenvalue weighted by atomic mass is 35.5. The second-order valence-electron chi connectivity index (χ2n) is 4.89. The van der Waals surface area contributed by atoms with E-state index in [2.05, 4.69) is 5.32 Å². The van der Waals surface area contributed by atoms with E-state index in [1.165, 1.54) is 43.5 Å². The number of halogens is 2. The third-order valence-corrected chi connectivity index (χ3v) is 5.24. The van der Waals surface area contributed by atoms with Crippen LogP contribution in [0.5, 0.6) is 5.75 Å². The van der Waals surface area contributed by atoms with E-state index >= 15 is 0 Å².